The van der Waals surface area contributed by atoms with Crippen molar-refractivity contribution in [1.82, 2.24) is 0 Å². The molecule has 0 atom stereocenters. The van der Waals surface area contributed by atoms with Crippen LogP contribution in [0, 0.1) is 0 Å². The van der Waals surface area contributed by atoms with E-state index in [1.807, 2.05) is 24.3 Å². The third-order valence-electron chi connectivity index (χ3n) is 3.15. The lowest BCUT2D eigenvalue weighted by atomic mass is 10.0. The van der Waals surface area contributed by atoms with Crippen molar-refractivity contribution in [3.05, 3.63) is 41.5 Å². The van der Waals surface area contributed by atoms with Crippen molar-refractivity contribution in [1.29, 1.82) is 0 Å². The van der Waals surface area contributed by atoms with Crippen LogP contribution in [0.4, 0.5) is 11.4 Å². The van der Waals surface area contributed by atoms with Crippen LogP contribution < -0.4 is 11.5 Å². The molecule has 0 fully saturated rings. The minimum absolute atomic E-state index is 0.131. The molecule has 16 heavy (non-hydrogen) atoms. The SMILES string of the molecule is Nc1cc2c(c(O)c1N)Cc1ccccc1-2. The summed E-state index contributed by atoms with van der Waals surface area (Å²) < 4.78 is 0. The molecule has 1 aliphatic carbocycles. The van der Waals surface area contributed by atoms with Crippen molar-refractivity contribution in [2.24, 2.45) is 0 Å². The molecule has 0 saturated heterocycles. The van der Waals surface area contributed by atoms with E-state index in [1.54, 1.807) is 0 Å². The number of aromatic hydroxyl groups is 1. The van der Waals surface area contributed by atoms with Crippen molar-refractivity contribution >= 4 is 11.4 Å². The van der Waals surface area contributed by atoms with Gasteiger partial charge in [-0.3, -0.25) is 0 Å². The van der Waals surface area contributed by atoms with Gasteiger partial charge >= 0.3 is 0 Å². The van der Waals surface area contributed by atoms with Gasteiger partial charge in [-0.15, -0.1) is 0 Å². The van der Waals surface area contributed by atoms with E-state index in [9.17, 15) is 5.11 Å². The predicted molar refractivity (Wildman–Crippen MR) is 65.2 cm³/mol. The molecule has 0 amide bonds. The highest BCUT2D eigenvalue weighted by Crippen LogP contribution is 2.45. The normalized spacial score (nSPS) is 12.2. The predicted octanol–water partition coefficient (Wildman–Crippen LogP) is 2.13. The molecule has 1 aliphatic rings. The van der Waals surface area contributed by atoms with Crippen LogP contribution in [0.3, 0.4) is 0 Å². The average Bonchev–Trinajstić information content (AvgIpc) is 2.65. The number of nitrogen functional groups attached to an aromatic ring is 2. The molecule has 0 spiro atoms. The number of anilines is 2. The van der Waals surface area contributed by atoms with Crippen molar-refractivity contribution in [2.45, 2.75) is 6.42 Å². The fourth-order valence-electron chi connectivity index (χ4n) is 2.29. The fraction of sp³-hybridized carbons (Fsp3) is 0.0769. The second kappa shape index (κ2) is 2.92. The Morgan fingerprint density at radius 3 is 2.62 bits per heavy atom. The molecular weight excluding hydrogens is 200 g/mol. The monoisotopic (exact) mass is 212 g/mol. The molecule has 3 heteroatoms. The summed E-state index contributed by atoms with van der Waals surface area (Å²) in [4.78, 5) is 0. The van der Waals surface area contributed by atoms with E-state index >= 15 is 0 Å². The van der Waals surface area contributed by atoms with E-state index in [2.05, 4.69) is 6.07 Å². The lowest BCUT2D eigenvalue weighted by Crippen LogP contribution is -1.97. The largest absolute Gasteiger partial charge is 0.505 e. The van der Waals surface area contributed by atoms with E-state index in [0.717, 1.165) is 23.1 Å². The summed E-state index contributed by atoms with van der Waals surface area (Å²) in [6.07, 6.45) is 0.724. The van der Waals surface area contributed by atoms with Crippen molar-refractivity contribution in [3.63, 3.8) is 0 Å². The van der Waals surface area contributed by atoms with Gasteiger partial charge in [0.15, 0.2) is 0 Å². The Morgan fingerprint density at radius 1 is 1.06 bits per heavy atom. The maximum atomic E-state index is 9.97. The number of fused-ring (bicyclic) bond motifs is 3. The van der Waals surface area contributed by atoms with Gasteiger partial charge in [-0.05, 0) is 22.8 Å². The highest BCUT2D eigenvalue weighted by Gasteiger charge is 2.23. The zero-order chi connectivity index (χ0) is 11.3. The van der Waals surface area contributed by atoms with Gasteiger partial charge in [0.05, 0.1) is 11.4 Å². The summed E-state index contributed by atoms with van der Waals surface area (Å²) in [5, 5.41) is 9.97. The van der Waals surface area contributed by atoms with Gasteiger partial charge in [0.2, 0.25) is 0 Å². The summed E-state index contributed by atoms with van der Waals surface area (Å²) >= 11 is 0. The molecule has 0 unspecified atom stereocenters. The number of phenolic OH excluding ortho intramolecular Hbond substituents is 1. The van der Waals surface area contributed by atoms with Gasteiger partial charge in [0.25, 0.3) is 0 Å². The van der Waals surface area contributed by atoms with Crippen LogP contribution in [0.1, 0.15) is 11.1 Å². The Morgan fingerprint density at radius 2 is 1.81 bits per heavy atom. The van der Waals surface area contributed by atoms with Crippen molar-refractivity contribution in [2.75, 3.05) is 11.5 Å². The van der Waals surface area contributed by atoms with E-state index < -0.39 is 0 Å². The van der Waals surface area contributed by atoms with Gasteiger partial charge in [-0.25, -0.2) is 0 Å². The van der Waals surface area contributed by atoms with Gasteiger partial charge in [0, 0.05) is 12.0 Å². The van der Waals surface area contributed by atoms with Crippen LogP contribution in [0.2, 0.25) is 0 Å². The Kier molecular flexibility index (Phi) is 1.66. The quantitative estimate of drug-likeness (QED) is 0.395. The maximum absolute atomic E-state index is 9.97. The zero-order valence-electron chi connectivity index (χ0n) is 8.70. The summed E-state index contributed by atoms with van der Waals surface area (Å²) in [7, 11) is 0. The Bertz CT molecular complexity index is 591. The maximum Gasteiger partial charge on any atom is 0.144 e. The molecule has 80 valence electrons. The van der Waals surface area contributed by atoms with Gasteiger partial charge in [-0.2, -0.15) is 0 Å². The minimum Gasteiger partial charge on any atom is -0.505 e. The first-order chi connectivity index (χ1) is 7.68. The molecule has 3 rings (SSSR count). The first-order valence-corrected chi connectivity index (χ1v) is 5.16. The average molecular weight is 212 g/mol. The molecule has 0 bridgehead atoms. The molecular formula is C13H12N2O. The molecule has 0 heterocycles. The second-order valence-corrected chi connectivity index (χ2v) is 4.09. The molecule has 0 saturated carbocycles. The first-order valence-electron chi connectivity index (χ1n) is 5.16. The van der Waals surface area contributed by atoms with Crippen molar-refractivity contribution < 1.29 is 5.11 Å². The smallest absolute Gasteiger partial charge is 0.144 e. The molecule has 0 aliphatic heterocycles. The van der Waals surface area contributed by atoms with Crippen molar-refractivity contribution in [3.8, 4) is 16.9 Å². The van der Waals surface area contributed by atoms with Crippen LogP contribution in [0.25, 0.3) is 11.1 Å². The lowest BCUT2D eigenvalue weighted by Gasteiger charge is -2.09. The number of phenols is 1. The first kappa shape index (κ1) is 9.09. The number of nitrogens with two attached hydrogens (primary N) is 2. The lowest BCUT2D eigenvalue weighted by molar-refractivity contribution is 0.473. The second-order valence-electron chi connectivity index (χ2n) is 4.09. The van der Waals surface area contributed by atoms with E-state index in [-0.39, 0.29) is 11.4 Å². The van der Waals surface area contributed by atoms with Crippen LogP contribution in [-0.2, 0) is 6.42 Å². The number of rotatable bonds is 0. The summed E-state index contributed by atoms with van der Waals surface area (Å²) in [6.45, 7) is 0. The van der Waals surface area contributed by atoms with Crippen LogP contribution in [0.15, 0.2) is 30.3 Å². The molecule has 2 aromatic rings. The molecule has 3 nitrogen and oxygen atoms in total. The van der Waals surface area contributed by atoms with Crippen LogP contribution in [-0.4, -0.2) is 5.11 Å². The summed E-state index contributed by atoms with van der Waals surface area (Å²) in [5.41, 5.74) is 16.4. The van der Waals surface area contributed by atoms with Gasteiger partial charge < -0.3 is 16.6 Å². The van der Waals surface area contributed by atoms with E-state index in [4.69, 9.17) is 11.5 Å². The Labute approximate surface area is 93.3 Å². The highest BCUT2D eigenvalue weighted by molar-refractivity contribution is 5.87. The number of benzene rings is 2. The standard InChI is InChI=1S/C13H12N2O/c14-11-6-9-8-4-2-1-3-7(8)5-10(9)13(16)12(11)15/h1-4,6,16H,5,14-15H2. The van der Waals surface area contributed by atoms with Gasteiger partial charge in [0.1, 0.15) is 5.75 Å². The topological polar surface area (TPSA) is 72.3 Å². The molecule has 5 N–H and O–H groups in total. The minimum atomic E-state index is 0.131. The fourth-order valence-corrected chi connectivity index (χ4v) is 2.29. The Balaban J connectivity index is 2.34. The van der Waals surface area contributed by atoms with Crippen LogP contribution >= 0.6 is 0 Å². The van der Waals surface area contributed by atoms with Crippen LogP contribution in [0.5, 0.6) is 5.75 Å². The van der Waals surface area contributed by atoms with Gasteiger partial charge in [-0.1, -0.05) is 24.3 Å². The third-order valence-corrected chi connectivity index (χ3v) is 3.15. The number of hydrogen-bond acceptors (Lipinski definition) is 3. The molecule has 0 aromatic heterocycles. The summed E-state index contributed by atoms with van der Waals surface area (Å²) in [5.74, 6) is 0.131. The van der Waals surface area contributed by atoms with E-state index in [1.165, 1.54) is 5.56 Å². The molecule has 0 radical (unpaired) electrons. The number of hydrogen-bond donors (Lipinski definition) is 3. The zero-order valence-corrected chi connectivity index (χ0v) is 8.70. The van der Waals surface area contributed by atoms with E-state index in [0.29, 0.717) is 5.69 Å². The highest BCUT2D eigenvalue weighted by atomic mass is 16.3. The molecule has 2 aromatic carbocycles. The Hall–Kier alpha value is -2.16. The summed E-state index contributed by atoms with van der Waals surface area (Å²) in [6, 6.07) is 9.92. The third kappa shape index (κ3) is 1.03.